The number of halogens is 4. The molecular formula is C22H18ClF3N2O3S. The smallest absolute Gasteiger partial charge is 0.325 e. The van der Waals surface area contributed by atoms with E-state index in [9.17, 15) is 26.4 Å². The van der Waals surface area contributed by atoms with Crippen LogP contribution in [0.4, 0.5) is 24.5 Å². The van der Waals surface area contributed by atoms with E-state index in [1.165, 1.54) is 18.2 Å². The van der Waals surface area contributed by atoms with E-state index in [0.29, 0.717) is 5.56 Å². The number of hydrogen-bond acceptors (Lipinski definition) is 3. The summed E-state index contributed by atoms with van der Waals surface area (Å²) in [5.74, 6) is -0.733. The van der Waals surface area contributed by atoms with Gasteiger partial charge in [0.1, 0.15) is 6.54 Å². The van der Waals surface area contributed by atoms with E-state index < -0.39 is 34.2 Å². The molecule has 3 aromatic rings. The number of sulfonamides is 1. The van der Waals surface area contributed by atoms with Gasteiger partial charge in [0.05, 0.1) is 16.1 Å². The van der Waals surface area contributed by atoms with Gasteiger partial charge in [0.2, 0.25) is 5.91 Å². The lowest BCUT2D eigenvalue weighted by molar-refractivity contribution is -0.137. The largest absolute Gasteiger partial charge is 0.416 e. The van der Waals surface area contributed by atoms with Gasteiger partial charge in [-0.25, -0.2) is 8.42 Å². The van der Waals surface area contributed by atoms with Crippen molar-refractivity contribution in [3.05, 3.63) is 88.9 Å². The molecule has 0 fully saturated rings. The van der Waals surface area contributed by atoms with Gasteiger partial charge in [-0.05, 0) is 61.0 Å². The highest BCUT2D eigenvalue weighted by Crippen LogP contribution is 2.31. The Labute approximate surface area is 188 Å². The number of anilines is 2. The number of nitrogens with zero attached hydrogens (tertiary/aromatic N) is 1. The van der Waals surface area contributed by atoms with Crippen LogP contribution in [0.3, 0.4) is 0 Å². The van der Waals surface area contributed by atoms with Gasteiger partial charge >= 0.3 is 6.18 Å². The van der Waals surface area contributed by atoms with Crippen molar-refractivity contribution < 1.29 is 26.4 Å². The number of aryl methyl sites for hydroxylation is 1. The normalized spacial score (nSPS) is 11.8. The van der Waals surface area contributed by atoms with Crippen LogP contribution < -0.4 is 9.62 Å². The molecule has 3 rings (SSSR count). The molecule has 0 aromatic heterocycles. The summed E-state index contributed by atoms with van der Waals surface area (Å²) in [4.78, 5) is 12.7. The Balaban J connectivity index is 1.92. The minimum atomic E-state index is -4.51. The third-order valence-corrected chi connectivity index (χ3v) is 6.56. The minimum absolute atomic E-state index is 0.0262. The highest BCUT2D eigenvalue weighted by molar-refractivity contribution is 7.92. The third-order valence-electron chi connectivity index (χ3n) is 4.55. The fourth-order valence-corrected chi connectivity index (χ4v) is 4.61. The van der Waals surface area contributed by atoms with Gasteiger partial charge in [-0.3, -0.25) is 9.10 Å². The maximum Gasteiger partial charge on any atom is 0.416 e. The van der Waals surface area contributed by atoms with E-state index in [-0.39, 0.29) is 21.3 Å². The maximum absolute atomic E-state index is 13.3. The summed E-state index contributed by atoms with van der Waals surface area (Å²) in [7, 11) is -4.14. The molecule has 0 aliphatic heterocycles. The zero-order valence-corrected chi connectivity index (χ0v) is 18.3. The number of carbonyl (C=O) groups excluding carboxylic acids is 1. The van der Waals surface area contributed by atoms with Crippen LogP contribution in [0.25, 0.3) is 0 Å². The summed E-state index contributed by atoms with van der Waals surface area (Å²) in [6.45, 7) is 1.06. The first-order chi connectivity index (χ1) is 15.0. The van der Waals surface area contributed by atoms with Crippen molar-refractivity contribution in [2.75, 3.05) is 16.2 Å². The minimum Gasteiger partial charge on any atom is -0.325 e. The molecule has 0 atom stereocenters. The predicted molar refractivity (Wildman–Crippen MR) is 117 cm³/mol. The second-order valence-corrected chi connectivity index (χ2v) is 9.18. The predicted octanol–water partition coefficient (Wildman–Crippen LogP) is 5.50. The third kappa shape index (κ3) is 5.41. The molecule has 1 N–H and O–H groups in total. The van der Waals surface area contributed by atoms with Gasteiger partial charge in [0.15, 0.2) is 0 Å². The molecule has 168 valence electrons. The molecule has 0 aliphatic carbocycles. The Morgan fingerprint density at radius 1 is 1.00 bits per heavy atom. The Hall–Kier alpha value is -3.04. The number of carbonyl (C=O) groups is 1. The molecule has 3 aromatic carbocycles. The second kappa shape index (κ2) is 9.22. The molecule has 0 saturated heterocycles. The average molecular weight is 483 g/mol. The van der Waals surface area contributed by atoms with Gasteiger partial charge in [0.25, 0.3) is 10.0 Å². The Morgan fingerprint density at radius 2 is 1.62 bits per heavy atom. The number of benzene rings is 3. The number of amides is 1. The first-order valence-corrected chi connectivity index (χ1v) is 11.1. The van der Waals surface area contributed by atoms with Gasteiger partial charge in [-0.15, -0.1) is 0 Å². The average Bonchev–Trinajstić information content (AvgIpc) is 2.74. The van der Waals surface area contributed by atoms with E-state index in [2.05, 4.69) is 5.32 Å². The quantitative estimate of drug-likeness (QED) is 0.504. The fraction of sp³-hybridized carbons (Fsp3) is 0.136. The van der Waals surface area contributed by atoms with E-state index in [0.717, 1.165) is 28.6 Å². The van der Waals surface area contributed by atoms with Crippen molar-refractivity contribution in [3.63, 3.8) is 0 Å². The lowest BCUT2D eigenvalue weighted by Gasteiger charge is -2.26. The van der Waals surface area contributed by atoms with Gasteiger partial charge in [0, 0.05) is 10.7 Å². The van der Waals surface area contributed by atoms with Crippen LogP contribution in [0.2, 0.25) is 5.02 Å². The summed E-state index contributed by atoms with van der Waals surface area (Å²) < 4.78 is 65.8. The topological polar surface area (TPSA) is 66.5 Å². The number of rotatable bonds is 6. The molecule has 0 aliphatic rings. The van der Waals surface area contributed by atoms with Crippen LogP contribution >= 0.6 is 11.6 Å². The van der Waals surface area contributed by atoms with Crippen molar-refractivity contribution >= 4 is 38.9 Å². The fourth-order valence-electron chi connectivity index (χ4n) is 2.94. The lowest BCUT2D eigenvalue weighted by atomic mass is 10.2. The molecule has 0 unspecified atom stereocenters. The summed E-state index contributed by atoms with van der Waals surface area (Å²) in [6.07, 6.45) is -4.51. The molecule has 0 radical (unpaired) electrons. The molecule has 0 saturated carbocycles. The molecule has 0 spiro atoms. The van der Waals surface area contributed by atoms with Crippen LogP contribution in [-0.2, 0) is 21.0 Å². The summed E-state index contributed by atoms with van der Waals surface area (Å²) in [5, 5.41) is 2.71. The summed E-state index contributed by atoms with van der Waals surface area (Å²) in [5.41, 5.74) is 0.0152. The molecule has 32 heavy (non-hydrogen) atoms. The molecule has 0 heterocycles. The number of alkyl halides is 3. The summed E-state index contributed by atoms with van der Waals surface area (Å²) >= 11 is 6.06. The van der Waals surface area contributed by atoms with Crippen molar-refractivity contribution in [2.24, 2.45) is 0 Å². The highest BCUT2D eigenvalue weighted by atomic mass is 35.5. The molecule has 0 bridgehead atoms. The molecular weight excluding hydrogens is 465 g/mol. The van der Waals surface area contributed by atoms with Crippen molar-refractivity contribution in [3.8, 4) is 0 Å². The van der Waals surface area contributed by atoms with Crippen molar-refractivity contribution in [1.82, 2.24) is 0 Å². The van der Waals surface area contributed by atoms with Crippen molar-refractivity contribution in [1.29, 1.82) is 0 Å². The standard InChI is InChI=1S/C22H18ClF3N2O3S/c1-15-7-10-17(23)13-20(15)28(32(30,31)19-5-3-2-4-6-19)14-21(29)27-18-11-8-16(9-12-18)22(24,25)26/h2-13H,14H2,1H3,(H,27,29). The molecule has 1 amide bonds. The van der Waals surface area contributed by atoms with Crippen LogP contribution in [-0.4, -0.2) is 20.9 Å². The van der Waals surface area contributed by atoms with E-state index >= 15 is 0 Å². The Kier molecular flexibility index (Phi) is 6.80. The van der Waals surface area contributed by atoms with E-state index in [1.807, 2.05) is 0 Å². The van der Waals surface area contributed by atoms with Crippen LogP contribution in [0.1, 0.15) is 11.1 Å². The monoisotopic (exact) mass is 482 g/mol. The first kappa shape index (κ1) is 23.6. The molecule has 10 heteroatoms. The maximum atomic E-state index is 13.3. The van der Waals surface area contributed by atoms with Gasteiger partial charge < -0.3 is 5.32 Å². The number of hydrogen-bond donors (Lipinski definition) is 1. The number of nitrogens with one attached hydrogen (secondary N) is 1. The summed E-state index contributed by atoms with van der Waals surface area (Å²) in [6, 6.07) is 16.1. The van der Waals surface area contributed by atoms with Crippen LogP contribution in [0, 0.1) is 6.92 Å². The van der Waals surface area contributed by atoms with E-state index in [4.69, 9.17) is 11.6 Å². The Bertz CT molecular complexity index is 1220. The zero-order chi connectivity index (χ0) is 23.5. The first-order valence-electron chi connectivity index (χ1n) is 9.29. The second-order valence-electron chi connectivity index (χ2n) is 6.88. The van der Waals surface area contributed by atoms with Gasteiger partial charge in [-0.2, -0.15) is 13.2 Å². The van der Waals surface area contributed by atoms with Crippen molar-refractivity contribution in [2.45, 2.75) is 18.0 Å². The van der Waals surface area contributed by atoms with Crippen LogP contribution in [0.15, 0.2) is 77.7 Å². The van der Waals surface area contributed by atoms with E-state index in [1.54, 1.807) is 37.3 Å². The SMILES string of the molecule is Cc1ccc(Cl)cc1N(CC(=O)Nc1ccc(C(F)(F)F)cc1)S(=O)(=O)c1ccccc1. The highest BCUT2D eigenvalue weighted by Gasteiger charge is 2.31. The molecule has 5 nitrogen and oxygen atoms in total. The zero-order valence-electron chi connectivity index (χ0n) is 16.7. The van der Waals surface area contributed by atoms with Gasteiger partial charge in [-0.1, -0.05) is 35.9 Å². The Morgan fingerprint density at radius 3 is 2.22 bits per heavy atom. The van der Waals surface area contributed by atoms with Crippen LogP contribution in [0.5, 0.6) is 0 Å². The lowest BCUT2D eigenvalue weighted by Crippen LogP contribution is -2.38.